The fourth-order valence-corrected chi connectivity index (χ4v) is 5.11. The number of aromatic nitrogens is 1. The number of nitrogens with zero attached hydrogens (tertiary/aromatic N) is 2. The van der Waals surface area contributed by atoms with Crippen molar-refractivity contribution >= 4 is 11.6 Å². The van der Waals surface area contributed by atoms with E-state index in [0.29, 0.717) is 24.8 Å². The molecule has 3 saturated heterocycles. The predicted octanol–water partition coefficient (Wildman–Crippen LogP) is 3.99. The van der Waals surface area contributed by atoms with Gasteiger partial charge >= 0.3 is 0 Å². The quantitative estimate of drug-likeness (QED) is 0.395. The van der Waals surface area contributed by atoms with Gasteiger partial charge in [-0.15, -0.1) is 18.0 Å². The topological polar surface area (TPSA) is 45.6 Å². The number of aliphatic hydroxyl groups is 1. The Labute approximate surface area is 184 Å². The summed E-state index contributed by atoms with van der Waals surface area (Å²) in [5, 5.41) is 12.0. The normalized spacial score (nSPS) is 27.6. The molecular weight excluding hydrogens is 396 g/mol. The second-order valence-corrected chi connectivity index (χ2v) is 8.63. The number of hydrogen-bond acceptors (Lipinski definition) is 4. The van der Waals surface area contributed by atoms with Gasteiger partial charge in [-0.05, 0) is 56.3 Å². The molecule has 0 amide bonds. The highest BCUT2D eigenvalue weighted by Gasteiger charge is 2.54. The van der Waals surface area contributed by atoms with Crippen molar-refractivity contribution in [1.82, 2.24) is 9.88 Å². The minimum absolute atomic E-state index is 0.148. The van der Waals surface area contributed by atoms with Gasteiger partial charge in [0.15, 0.2) is 0 Å². The Balaban J connectivity index is 1.70. The van der Waals surface area contributed by atoms with Crippen LogP contribution in [-0.4, -0.2) is 46.6 Å². The standard InChI is InChI=1S/C25H29ClN2O2/c1-2-23-25(29,20-12-15-28(23)16-13-20)21-10-11-24(30-17-7-6-14-26)27-22(21)18-19-8-4-3-5-9-19/h1,3-5,8-11,20,23,29H,6-7,12-18H2/t23?,25-/m1/s1. The third-order valence-electron chi connectivity index (χ3n) is 6.46. The molecule has 1 aromatic carbocycles. The largest absolute Gasteiger partial charge is 0.478 e. The van der Waals surface area contributed by atoms with E-state index in [9.17, 15) is 5.11 Å². The molecule has 0 spiro atoms. The number of piperidine rings is 3. The third-order valence-corrected chi connectivity index (χ3v) is 6.73. The molecule has 1 unspecified atom stereocenters. The summed E-state index contributed by atoms with van der Waals surface area (Å²) in [6, 6.07) is 13.7. The van der Waals surface area contributed by atoms with E-state index in [4.69, 9.17) is 27.7 Å². The number of unbranched alkanes of at least 4 members (excludes halogenated alkanes) is 1. The van der Waals surface area contributed by atoms with Crippen LogP contribution in [0.4, 0.5) is 0 Å². The Morgan fingerprint density at radius 3 is 2.63 bits per heavy atom. The Bertz CT molecular complexity index is 890. The smallest absolute Gasteiger partial charge is 0.213 e. The molecule has 1 N–H and O–H groups in total. The molecule has 3 aliphatic heterocycles. The van der Waals surface area contributed by atoms with Crippen molar-refractivity contribution in [2.24, 2.45) is 5.92 Å². The number of rotatable bonds is 8. The fraction of sp³-hybridized carbons (Fsp3) is 0.480. The molecule has 2 aromatic rings. The highest BCUT2D eigenvalue weighted by molar-refractivity contribution is 6.17. The van der Waals surface area contributed by atoms with Crippen LogP contribution in [-0.2, 0) is 12.0 Å². The number of ether oxygens (including phenoxy) is 1. The third kappa shape index (κ3) is 4.07. The summed E-state index contributed by atoms with van der Waals surface area (Å²) in [6.07, 6.45) is 10.3. The second-order valence-electron chi connectivity index (χ2n) is 8.26. The van der Waals surface area contributed by atoms with Crippen molar-refractivity contribution in [1.29, 1.82) is 0 Å². The predicted molar refractivity (Wildman–Crippen MR) is 120 cm³/mol. The summed E-state index contributed by atoms with van der Waals surface area (Å²) in [6.45, 7) is 2.48. The summed E-state index contributed by atoms with van der Waals surface area (Å²) in [5.41, 5.74) is 1.75. The van der Waals surface area contributed by atoms with Crippen molar-refractivity contribution in [3.8, 4) is 18.2 Å². The average molecular weight is 425 g/mol. The Hall–Kier alpha value is -2.06. The molecule has 158 valence electrons. The molecule has 3 fully saturated rings. The Morgan fingerprint density at radius 2 is 1.93 bits per heavy atom. The first-order chi connectivity index (χ1) is 14.7. The zero-order valence-electron chi connectivity index (χ0n) is 17.3. The van der Waals surface area contributed by atoms with E-state index in [2.05, 4.69) is 23.0 Å². The zero-order chi connectivity index (χ0) is 21.0. The molecule has 0 aliphatic carbocycles. The van der Waals surface area contributed by atoms with E-state index >= 15 is 0 Å². The number of pyridine rings is 1. The van der Waals surface area contributed by atoms with Gasteiger partial charge in [-0.2, -0.15) is 0 Å². The van der Waals surface area contributed by atoms with E-state index in [1.807, 2.05) is 30.3 Å². The number of hydrogen-bond donors (Lipinski definition) is 1. The van der Waals surface area contributed by atoms with Crippen LogP contribution in [0.2, 0.25) is 0 Å². The van der Waals surface area contributed by atoms with Gasteiger partial charge in [0, 0.05) is 23.9 Å². The Morgan fingerprint density at radius 1 is 1.17 bits per heavy atom. The van der Waals surface area contributed by atoms with Crippen LogP contribution in [0.5, 0.6) is 5.88 Å². The average Bonchev–Trinajstić information content (AvgIpc) is 2.78. The van der Waals surface area contributed by atoms with Crippen LogP contribution >= 0.6 is 11.6 Å². The molecule has 30 heavy (non-hydrogen) atoms. The van der Waals surface area contributed by atoms with E-state index in [1.54, 1.807) is 0 Å². The van der Waals surface area contributed by atoms with Gasteiger partial charge in [0.25, 0.3) is 0 Å². The van der Waals surface area contributed by atoms with Crippen molar-refractivity contribution in [2.45, 2.75) is 43.7 Å². The fourth-order valence-electron chi connectivity index (χ4n) is 4.92. The number of halogens is 1. The van der Waals surface area contributed by atoms with Gasteiger partial charge < -0.3 is 9.84 Å². The van der Waals surface area contributed by atoms with Gasteiger partial charge in [0.1, 0.15) is 11.6 Å². The maximum Gasteiger partial charge on any atom is 0.213 e. The molecule has 0 radical (unpaired) electrons. The molecule has 0 saturated carbocycles. The lowest BCUT2D eigenvalue weighted by molar-refractivity contribution is -0.143. The first kappa shape index (κ1) is 21.2. The molecular formula is C25H29ClN2O2. The molecule has 4 nitrogen and oxygen atoms in total. The van der Waals surface area contributed by atoms with Crippen molar-refractivity contribution < 1.29 is 9.84 Å². The van der Waals surface area contributed by atoms with Crippen LogP contribution in [0.25, 0.3) is 0 Å². The van der Waals surface area contributed by atoms with Crippen LogP contribution in [0.3, 0.4) is 0 Å². The van der Waals surface area contributed by atoms with Gasteiger partial charge in [-0.25, -0.2) is 4.98 Å². The maximum atomic E-state index is 12.0. The minimum Gasteiger partial charge on any atom is -0.478 e. The van der Waals surface area contributed by atoms with E-state index in [1.165, 1.54) is 0 Å². The number of benzene rings is 1. The summed E-state index contributed by atoms with van der Waals surface area (Å²) < 4.78 is 5.87. The molecule has 2 bridgehead atoms. The number of terminal acetylenes is 1. The molecule has 5 heteroatoms. The SMILES string of the molecule is C#CC1N2CCC(CC2)[C@@]1(O)c1ccc(OCCCCCl)nc1Cc1ccccc1. The summed E-state index contributed by atoms with van der Waals surface area (Å²) in [5.74, 6) is 4.25. The zero-order valence-corrected chi connectivity index (χ0v) is 18.0. The molecule has 4 heterocycles. The molecule has 1 aromatic heterocycles. The monoisotopic (exact) mass is 424 g/mol. The van der Waals surface area contributed by atoms with Crippen LogP contribution in [0.15, 0.2) is 42.5 Å². The molecule has 2 atom stereocenters. The van der Waals surface area contributed by atoms with Crippen molar-refractivity contribution in [3.63, 3.8) is 0 Å². The molecule has 3 aliphatic rings. The minimum atomic E-state index is -1.08. The highest BCUT2D eigenvalue weighted by atomic mass is 35.5. The van der Waals surface area contributed by atoms with Crippen molar-refractivity contribution in [3.05, 3.63) is 59.3 Å². The number of fused-ring (bicyclic) bond motifs is 3. The Kier molecular flexibility index (Phi) is 6.63. The lowest BCUT2D eigenvalue weighted by Gasteiger charge is -2.54. The van der Waals surface area contributed by atoms with E-state index < -0.39 is 5.60 Å². The lowest BCUT2D eigenvalue weighted by atomic mass is 9.66. The van der Waals surface area contributed by atoms with Gasteiger partial charge in [0.05, 0.1) is 12.3 Å². The van der Waals surface area contributed by atoms with Gasteiger partial charge in [0.2, 0.25) is 5.88 Å². The summed E-state index contributed by atoms with van der Waals surface area (Å²) in [7, 11) is 0. The van der Waals surface area contributed by atoms with Crippen LogP contribution < -0.4 is 4.74 Å². The maximum absolute atomic E-state index is 12.0. The van der Waals surface area contributed by atoms with Gasteiger partial charge in [-0.3, -0.25) is 4.90 Å². The van der Waals surface area contributed by atoms with E-state index in [-0.39, 0.29) is 12.0 Å². The highest BCUT2D eigenvalue weighted by Crippen LogP contribution is 2.47. The summed E-state index contributed by atoms with van der Waals surface area (Å²) >= 11 is 5.76. The van der Waals surface area contributed by atoms with Gasteiger partial charge in [-0.1, -0.05) is 36.3 Å². The summed E-state index contributed by atoms with van der Waals surface area (Å²) in [4.78, 5) is 7.07. The van der Waals surface area contributed by atoms with E-state index in [0.717, 1.165) is 55.6 Å². The van der Waals surface area contributed by atoms with Crippen LogP contribution in [0.1, 0.15) is 42.5 Å². The molecule has 5 rings (SSSR count). The number of alkyl halides is 1. The first-order valence-electron chi connectivity index (χ1n) is 10.8. The lowest BCUT2D eigenvalue weighted by Crippen LogP contribution is -2.63. The van der Waals surface area contributed by atoms with Crippen LogP contribution in [0, 0.1) is 18.3 Å². The second kappa shape index (κ2) is 9.39. The van der Waals surface area contributed by atoms with Crippen molar-refractivity contribution in [2.75, 3.05) is 25.6 Å². The first-order valence-corrected chi connectivity index (χ1v) is 11.4.